The third-order valence-electron chi connectivity index (χ3n) is 2.08. The molecule has 1 aromatic heterocycles. The first-order chi connectivity index (χ1) is 6.74. The summed E-state index contributed by atoms with van der Waals surface area (Å²) in [4.78, 5) is 15.0. The largest absolute Gasteiger partial charge is 0.361 e. The zero-order valence-electron chi connectivity index (χ0n) is 7.42. The van der Waals surface area contributed by atoms with E-state index in [1.54, 1.807) is 5.38 Å². The number of carbonyl (C=O) groups is 1. The number of halogens is 1. The number of hydrogen-bond donors (Lipinski definition) is 2. The van der Waals surface area contributed by atoms with Gasteiger partial charge in [0.25, 0.3) is 0 Å². The van der Waals surface area contributed by atoms with E-state index in [2.05, 4.69) is 15.6 Å². The van der Waals surface area contributed by atoms with E-state index >= 15 is 0 Å². The van der Waals surface area contributed by atoms with Crippen LogP contribution in [0.2, 0.25) is 5.15 Å². The van der Waals surface area contributed by atoms with E-state index in [9.17, 15) is 4.79 Å². The molecule has 1 aliphatic heterocycles. The second kappa shape index (κ2) is 4.14. The number of carbonyl (C=O) groups excluding carboxylic acids is 1. The first kappa shape index (κ1) is 9.73. The summed E-state index contributed by atoms with van der Waals surface area (Å²) in [6.45, 7) is 1.52. The molecule has 2 N–H and O–H groups in total. The number of amides is 1. The molecule has 0 radical (unpaired) electrons. The Morgan fingerprint density at radius 3 is 3.21 bits per heavy atom. The summed E-state index contributed by atoms with van der Waals surface area (Å²) < 4.78 is 0. The lowest BCUT2D eigenvalue weighted by Gasteiger charge is -2.06. The van der Waals surface area contributed by atoms with Crippen LogP contribution in [0.15, 0.2) is 5.38 Å². The highest BCUT2D eigenvalue weighted by molar-refractivity contribution is 7.14. The van der Waals surface area contributed by atoms with Gasteiger partial charge in [0.2, 0.25) is 5.91 Å². The predicted molar refractivity (Wildman–Crippen MR) is 56.7 cm³/mol. The van der Waals surface area contributed by atoms with E-state index in [4.69, 9.17) is 11.6 Å². The van der Waals surface area contributed by atoms with E-state index in [0.717, 1.165) is 18.2 Å². The topological polar surface area (TPSA) is 54.0 Å². The quantitative estimate of drug-likeness (QED) is 0.826. The number of hydrogen-bond acceptors (Lipinski definition) is 4. The van der Waals surface area contributed by atoms with Crippen molar-refractivity contribution in [1.29, 1.82) is 0 Å². The second-order valence-corrected chi connectivity index (χ2v) is 4.48. The SMILES string of the molecule is O=C1CC(CNc2nc(Cl)cs2)CN1. The molecule has 0 saturated carbocycles. The highest BCUT2D eigenvalue weighted by atomic mass is 35.5. The molecule has 1 atom stereocenters. The highest BCUT2D eigenvalue weighted by Crippen LogP contribution is 2.19. The molecule has 1 aliphatic rings. The Balaban J connectivity index is 1.80. The minimum atomic E-state index is 0.133. The number of aromatic nitrogens is 1. The van der Waals surface area contributed by atoms with Gasteiger partial charge in [-0.05, 0) is 0 Å². The van der Waals surface area contributed by atoms with Crippen molar-refractivity contribution in [1.82, 2.24) is 10.3 Å². The molecule has 1 fully saturated rings. The average Bonchev–Trinajstić information content (AvgIpc) is 2.72. The Hall–Kier alpha value is -0.810. The standard InChI is InChI=1S/C8H10ClN3OS/c9-6-4-14-8(12-6)11-3-5-1-7(13)10-2-5/h4-5H,1-3H2,(H,10,13)(H,11,12). The molecule has 1 aromatic rings. The molecule has 0 spiro atoms. The highest BCUT2D eigenvalue weighted by Gasteiger charge is 2.21. The van der Waals surface area contributed by atoms with Gasteiger partial charge >= 0.3 is 0 Å². The van der Waals surface area contributed by atoms with E-state index in [1.165, 1.54) is 11.3 Å². The van der Waals surface area contributed by atoms with Gasteiger partial charge in [0.1, 0.15) is 5.15 Å². The van der Waals surface area contributed by atoms with Crippen molar-refractivity contribution in [3.8, 4) is 0 Å². The summed E-state index contributed by atoms with van der Waals surface area (Å²) >= 11 is 7.15. The predicted octanol–water partition coefficient (Wildman–Crippen LogP) is 1.34. The molecule has 6 heteroatoms. The third kappa shape index (κ3) is 2.36. The van der Waals surface area contributed by atoms with E-state index in [1.807, 2.05) is 0 Å². The number of rotatable bonds is 3. The lowest BCUT2D eigenvalue weighted by Crippen LogP contribution is -2.17. The van der Waals surface area contributed by atoms with Crippen LogP contribution in [-0.2, 0) is 4.79 Å². The molecular formula is C8H10ClN3OS. The Bertz CT molecular complexity index is 341. The molecule has 2 heterocycles. The van der Waals surface area contributed by atoms with Gasteiger partial charge in [-0.25, -0.2) is 4.98 Å². The molecule has 1 unspecified atom stereocenters. The van der Waals surface area contributed by atoms with Gasteiger partial charge in [-0.1, -0.05) is 11.6 Å². The van der Waals surface area contributed by atoms with Crippen LogP contribution in [0, 0.1) is 5.92 Å². The van der Waals surface area contributed by atoms with Crippen LogP contribution in [0.1, 0.15) is 6.42 Å². The summed E-state index contributed by atoms with van der Waals surface area (Å²) in [5.74, 6) is 0.499. The lowest BCUT2D eigenvalue weighted by molar-refractivity contribution is -0.119. The minimum Gasteiger partial charge on any atom is -0.361 e. The zero-order valence-corrected chi connectivity index (χ0v) is 8.99. The molecule has 0 aromatic carbocycles. The minimum absolute atomic E-state index is 0.133. The first-order valence-corrected chi connectivity index (χ1v) is 5.61. The van der Waals surface area contributed by atoms with Crippen LogP contribution in [-0.4, -0.2) is 24.0 Å². The summed E-state index contributed by atoms with van der Waals surface area (Å²) in [6, 6.07) is 0. The molecule has 14 heavy (non-hydrogen) atoms. The maximum Gasteiger partial charge on any atom is 0.220 e. The molecule has 1 saturated heterocycles. The van der Waals surface area contributed by atoms with Crippen molar-refractivity contribution in [3.05, 3.63) is 10.5 Å². The Labute approximate surface area is 90.7 Å². The first-order valence-electron chi connectivity index (χ1n) is 4.35. The molecule has 1 amide bonds. The van der Waals surface area contributed by atoms with Gasteiger partial charge in [0.05, 0.1) is 0 Å². The van der Waals surface area contributed by atoms with Crippen LogP contribution in [0.3, 0.4) is 0 Å². The summed E-state index contributed by atoms with van der Waals surface area (Å²) in [5.41, 5.74) is 0. The van der Waals surface area contributed by atoms with Crippen molar-refractivity contribution in [2.45, 2.75) is 6.42 Å². The molecule has 2 rings (SSSR count). The van der Waals surface area contributed by atoms with Crippen molar-refractivity contribution in [3.63, 3.8) is 0 Å². The van der Waals surface area contributed by atoms with Crippen LogP contribution in [0.4, 0.5) is 5.13 Å². The number of thiazole rings is 1. The Morgan fingerprint density at radius 1 is 1.79 bits per heavy atom. The van der Waals surface area contributed by atoms with Gasteiger partial charge < -0.3 is 10.6 Å². The van der Waals surface area contributed by atoms with Crippen LogP contribution in [0.5, 0.6) is 0 Å². The fourth-order valence-corrected chi connectivity index (χ4v) is 2.22. The molecular weight excluding hydrogens is 222 g/mol. The van der Waals surface area contributed by atoms with Crippen molar-refractivity contribution < 1.29 is 4.79 Å². The maximum atomic E-state index is 10.9. The van der Waals surface area contributed by atoms with E-state index in [-0.39, 0.29) is 5.91 Å². The van der Waals surface area contributed by atoms with Crippen LogP contribution < -0.4 is 10.6 Å². The second-order valence-electron chi connectivity index (χ2n) is 3.23. The van der Waals surface area contributed by atoms with Crippen molar-refractivity contribution in [2.75, 3.05) is 18.4 Å². The molecule has 76 valence electrons. The number of nitrogens with one attached hydrogen (secondary N) is 2. The third-order valence-corrected chi connectivity index (χ3v) is 3.20. The number of anilines is 1. The van der Waals surface area contributed by atoms with Gasteiger partial charge in [0, 0.05) is 30.8 Å². The van der Waals surface area contributed by atoms with Crippen LogP contribution >= 0.6 is 22.9 Å². The molecule has 0 aliphatic carbocycles. The van der Waals surface area contributed by atoms with Gasteiger partial charge in [-0.3, -0.25) is 4.79 Å². The van der Waals surface area contributed by atoms with E-state index in [0.29, 0.717) is 17.5 Å². The number of nitrogens with zero attached hydrogens (tertiary/aromatic N) is 1. The van der Waals surface area contributed by atoms with Crippen LogP contribution in [0.25, 0.3) is 0 Å². The Morgan fingerprint density at radius 2 is 2.64 bits per heavy atom. The fraction of sp³-hybridized carbons (Fsp3) is 0.500. The smallest absolute Gasteiger partial charge is 0.220 e. The summed E-state index contributed by atoms with van der Waals surface area (Å²) in [5, 5.41) is 9.05. The Kier molecular flexibility index (Phi) is 2.88. The van der Waals surface area contributed by atoms with Gasteiger partial charge in [0.15, 0.2) is 5.13 Å². The van der Waals surface area contributed by atoms with Gasteiger partial charge in [-0.2, -0.15) is 0 Å². The van der Waals surface area contributed by atoms with Crippen molar-refractivity contribution >= 4 is 34.0 Å². The van der Waals surface area contributed by atoms with Gasteiger partial charge in [-0.15, -0.1) is 11.3 Å². The van der Waals surface area contributed by atoms with Crippen molar-refractivity contribution in [2.24, 2.45) is 5.92 Å². The summed E-state index contributed by atoms with van der Waals surface area (Å²) in [7, 11) is 0. The lowest BCUT2D eigenvalue weighted by atomic mass is 10.1. The average molecular weight is 232 g/mol. The summed E-state index contributed by atoms with van der Waals surface area (Å²) in [6.07, 6.45) is 0.603. The fourth-order valence-electron chi connectivity index (χ4n) is 1.38. The van der Waals surface area contributed by atoms with E-state index < -0.39 is 0 Å². The maximum absolute atomic E-state index is 10.9. The zero-order chi connectivity index (χ0) is 9.97. The molecule has 4 nitrogen and oxygen atoms in total. The monoisotopic (exact) mass is 231 g/mol. The normalized spacial score (nSPS) is 20.9. The molecule has 0 bridgehead atoms.